The van der Waals surface area contributed by atoms with Crippen LogP contribution in [0.4, 0.5) is 0 Å². The summed E-state index contributed by atoms with van der Waals surface area (Å²) in [5.41, 5.74) is 1.85. The molecule has 0 amide bonds. The predicted octanol–water partition coefficient (Wildman–Crippen LogP) is 3.65. The molecule has 0 spiro atoms. The lowest BCUT2D eigenvalue weighted by atomic mass is 10.1. The minimum atomic E-state index is -0.890. The smallest absolute Gasteiger partial charge is 0.128 e. The molecule has 0 bridgehead atoms. The molecule has 1 nitrogen and oxygen atoms in total. The van der Waals surface area contributed by atoms with Crippen LogP contribution in [-0.2, 0) is 0 Å². The first kappa shape index (κ1) is 15.6. The standard InChI is InChI=1S/C21H21OSi/c1-17(18-13-15-19(22-2)16-14-18)23(20-9-5-3-6-10-20)21-11-7-4-8-12-21/h3-17H,1-2H3/t17-/m0/s1. The quantitative estimate of drug-likeness (QED) is 0.653. The van der Waals surface area contributed by atoms with Crippen molar-refractivity contribution in [1.29, 1.82) is 0 Å². The molecule has 0 saturated carbocycles. The van der Waals surface area contributed by atoms with Crippen molar-refractivity contribution in [1.82, 2.24) is 0 Å². The van der Waals surface area contributed by atoms with Crippen molar-refractivity contribution >= 4 is 19.2 Å². The lowest BCUT2D eigenvalue weighted by Crippen LogP contribution is -2.46. The van der Waals surface area contributed by atoms with Gasteiger partial charge in [0.1, 0.15) is 14.5 Å². The van der Waals surface area contributed by atoms with Crippen LogP contribution in [0.2, 0.25) is 0 Å². The SMILES string of the molecule is COc1ccc([C@H](C)[Si](c2ccccc2)c2ccccc2)cc1. The van der Waals surface area contributed by atoms with Gasteiger partial charge in [0.2, 0.25) is 0 Å². The number of hydrogen-bond acceptors (Lipinski definition) is 1. The minimum absolute atomic E-state index is 0.482. The zero-order chi connectivity index (χ0) is 16.1. The summed E-state index contributed by atoms with van der Waals surface area (Å²) in [6.45, 7) is 2.34. The van der Waals surface area contributed by atoms with E-state index in [1.807, 2.05) is 0 Å². The summed E-state index contributed by atoms with van der Waals surface area (Å²) in [7, 11) is 0.820. The lowest BCUT2D eigenvalue weighted by molar-refractivity contribution is 0.414. The second-order valence-corrected chi connectivity index (χ2v) is 8.49. The van der Waals surface area contributed by atoms with Crippen molar-refractivity contribution in [3.05, 3.63) is 90.5 Å². The van der Waals surface area contributed by atoms with E-state index in [2.05, 4.69) is 91.9 Å². The van der Waals surface area contributed by atoms with Crippen molar-refractivity contribution in [2.24, 2.45) is 0 Å². The number of ether oxygens (including phenoxy) is 1. The molecular weight excluding hydrogens is 296 g/mol. The normalized spacial score (nSPS) is 12.1. The molecule has 115 valence electrons. The zero-order valence-corrected chi connectivity index (χ0v) is 14.6. The topological polar surface area (TPSA) is 9.23 Å². The Morgan fingerprint density at radius 1 is 0.696 bits per heavy atom. The largest absolute Gasteiger partial charge is 0.497 e. The molecule has 0 N–H and O–H groups in total. The third-order valence-electron chi connectivity index (χ3n) is 4.22. The molecule has 0 saturated heterocycles. The third-order valence-corrected chi connectivity index (χ3v) is 7.33. The number of benzene rings is 3. The van der Waals surface area contributed by atoms with Gasteiger partial charge in [-0.1, -0.05) is 90.1 Å². The second kappa shape index (κ2) is 7.29. The summed E-state index contributed by atoms with van der Waals surface area (Å²) in [4.78, 5) is 0. The molecule has 0 aliphatic rings. The maximum atomic E-state index is 5.29. The van der Waals surface area contributed by atoms with E-state index in [0.29, 0.717) is 5.54 Å². The molecule has 0 unspecified atom stereocenters. The Hall–Kier alpha value is -2.32. The Labute approximate surface area is 140 Å². The predicted molar refractivity (Wildman–Crippen MR) is 99.3 cm³/mol. The van der Waals surface area contributed by atoms with Crippen LogP contribution in [0.15, 0.2) is 84.9 Å². The molecule has 0 aliphatic carbocycles. The summed E-state index contributed by atoms with van der Waals surface area (Å²) in [6.07, 6.45) is 0. The molecule has 0 aromatic heterocycles. The monoisotopic (exact) mass is 317 g/mol. The van der Waals surface area contributed by atoms with Gasteiger partial charge in [-0.05, 0) is 23.2 Å². The highest BCUT2D eigenvalue weighted by Gasteiger charge is 2.25. The van der Waals surface area contributed by atoms with Gasteiger partial charge in [-0.3, -0.25) is 0 Å². The van der Waals surface area contributed by atoms with Crippen LogP contribution < -0.4 is 15.1 Å². The van der Waals surface area contributed by atoms with Gasteiger partial charge in [0.15, 0.2) is 0 Å². The van der Waals surface area contributed by atoms with Gasteiger partial charge < -0.3 is 4.74 Å². The molecule has 3 rings (SSSR count). The Bertz CT molecular complexity index is 683. The molecule has 1 radical (unpaired) electrons. The maximum Gasteiger partial charge on any atom is 0.128 e. The molecule has 0 heterocycles. The first-order valence-corrected chi connectivity index (χ1v) is 9.49. The van der Waals surface area contributed by atoms with E-state index in [0.717, 1.165) is 5.75 Å². The van der Waals surface area contributed by atoms with Crippen LogP contribution >= 0.6 is 0 Å². The van der Waals surface area contributed by atoms with Gasteiger partial charge in [-0.15, -0.1) is 0 Å². The highest BCUT2D eigenvalue weighted by atomic mass is 28.3. The fourth-order valence-electron chi connectivity index (χ4n) is 2.96. The van der Waals surface area contributed by atoms with E-state index in [9.17, 15) is 0 Å². The van der Waals surface area contributed by atoms with Gasteiger partial charge in [-0.2, -0.15) is 0 Å². The van der Waals surface area contributed by atoms with Gasteiger partial charge in [0.05, 0.1) is 7.11 Å². The van der Waals surface area contributed by atoms with Crippen LogP contribution in [0.3, 0.4) is 0 Å². The van der Waals surface area contributed by atoms with E-state index in [1.54, 1.807) is 7.11 Å². The van der Waals surface area contributed by atoms with Crippen molar-refractivity contribution in [3.63, 3.8) is 0 Å². The Balaban J connectivity index is 2.00. The number of rotatable bonds is 5. The molecule has 0 aliphatic heterocycles. The number of methoxy groups -OCH3 is 1. The summed E-state index contributed by atoms with van der Waals surface area (Å²) in [5.74, 6) is 0.911. The average molecular weight is 317 g/mol. The third kappa shape index (κ3) is 3.54. The fraction of sp³-hybridized carbons (Fsp3) is 0.143. The van der Waals surface area contributed by atoms with Crippen LogP contribution in [0.5, 0.6) is 5.75 Å². The lowest BCUT2D eigenvalue weighted by Gasteiger charge is -2.24. The summed E-state index contributed by atoms with van der Waals surface area (Å²) < 4.78 is 5.29. The van der Waals surface area contributed by atoms with Crippen molar-refractivity contribution in [2.75, 3.05) is 7.11 Å². The average Bonchev–Trinajstić information content (AvgIpc) is 2.64. The van der Waals surface area contributed by atoms with Crippen molar-refractivity contribution < 1.29 is 4.74 Å². The molecule has 1 atom stereocenters. The molecular formula is C21H21OSi. The summed E-state index contributed by atoms with van der Waals surface area (Å²) in [5, 5.41) is 2.90. The minimum Gasteiger partial charge on any atom is -0.497 e. The van der Waals surface area contributed by atoms with Gasteiger partial charge in [0.25, 0.3) is 0 Å². The number of hydrogen-bond donors (Lipinski definition) is 0. The molecule has 23 heavy (non-hydrogen) atoms. The van der Waals surface area contributed by atoms with Crippen LogP contribution in [-0.4, -0.2) is 15.9 Å². The molecule has 2 heteroatoms. The highest BCUT2D eigenvalue weighted by Crippen LogP contribution is 2.21. The van der Waals surface area contributed by atoms with E-state index < -0.39 is 8.80 Å². The van der Waals surface area contributed by atoms with Crippen LogP contribution in [0, 0.1) is 0 Å². The molecule has 3 aromatic carbocycles. The van der Waals surface area contributed by atoms with Crippen LogP contribution in [0.25, 0.3) is 0 Å². The van der Waals surface area contributed by atoms with Crippen LogP contribution in [0.1, 0.15) is 18.0 Å². The first-order valence-electron chi connectivity index (χ1n) is 7.91. The Kier molecular flexibility index (Phi) is 4.94. The van der Waals surface area contributed by atoms with Gasteiger partial charge in [-0.25, -0.2) is 0 Å². The van der Waals surface area contributed by atoms with Gasteiger partial charge >= 0.3 is 0 Å². The maximum absolute atomic E-state index is 5.29. The zero-order valence-electron chi connectivity index (χ0n) is 13.6. The summed E-state index contributed by atoms with van der Waals surface area (Å²) >= 11 is 0. The van der Waals surface area contributed by atoms with E-state index in [4.69, 9.17) is 4.74 Å². The van der Waals surface area contributed by atoms with E-state index in [-0.39, 0.29) is 0 Å². The Morgan fingerprint density at radius 3 is 1.61 bits per heavy atom. The first-order chi connectivity index (χ1) is 11.3. The Morgan fingerprint density at radius 2 is 1.17 bits per heavy atom. The van der Waals surface area contributed by atoms with Gasteiger partial charge in [0, 0.05) is 0 Å². The molecule has 0 fully saturated rings. The fourth-order valence-corrected chi connectivity index (χ4v) is 5.92. The highest BCUT2D eigenvalue weighted by molar-refractivity contribution is 6.86. The molecule has 3 aromatic rings. The van der Waals surface area contributed by atoms with E-state index in [1.165, 1.54) is 15.9 Å². The summed E-state index contributed by atoms with van der Waals surface area (Å²) in [6, 6.07) is 30.3. The van der Waals surface area contributed by atoms with Crippen molar-refractivity contribution in [3.8, 4) is 5.75 Å². The second-order valence-electron chi connectivity index (χ2n) is 5.64. The van der Waals surface area contributed by atoms with Crippen molar-refractivity contribution in [2.45, 2.75) is 12.5 Å². The van der Waals surface area contributed by atoms with E-state index >= 15 is 0 Å².